The summed E-state index contributed by atoms with van der Waals surface area (Å²) in [7, 11) is -3.02. The Labute approximate surface area is 183 Å². The van der Waals surface area contributed by atoms with E-state index in [1.165, 1.54) is 13.2 Å². The highest BCUT2D eigenvalue weighted by Gasteiger charge is 2.25. The van der Waals surface area contributed by atoms with Crippen molar-refractivity contribution in [1.29, 1.82) is 0 Å². The maximum atomic E-state index is 14.7. The van der Waals surface area contributed by atoms with Gasteiger partial charge in [-0.05, 0) is 41.3 Å². The van der Waals surface area contributed by atoms with Gasteiger partial charge in [0.25, 0.3) is 10.0 Å². The second-order valence-electron chi connectivity index (χ2n) is 6.99. The molecule has 1 aliphatic rings. The minimum absolute atomic E-state index is 0.0501. The largest absolute Gasteiger partial charge is 0.494 e. The van der Waals surface area contributed by atoms with Gasteiger partial charge in [-0.15, -0.1) is 0 Å². The number of fused-ring (bicyclic) bond motifs is 6. The molecule has 0 atom stereocenters. The Morgan fingerprint density at radius 1 is 1.06 bits per heavy atom. The first-order valence-electron chi connectivity index (χ1n) is 9.34. The van der Waals surface area contributed by atoms with E-state index in [-0.39, 0.29) is 34.4 Å². The van der Waals surface area contributed by atoms with Crippen LogP contribution in [0.15, 0.2) is 53.4 Å². The summed E-state index contributed by atoms with van der Waals surface area (Å²) >= 11 is 6.23. The lowest BCUT2D eigenvalue weighted by Crippen LogP contribution is -2.16. The Morgan fingerprint density at radius 2 is 1.84 bits per heavy atom. The molecule has 4 bridgehead atoms. The third kappa shape index (κ3) is 4.23. The number of nitrogens with one attached hydrogen (secondary N) is 1. The molecule has 0 saturated carbocycles. The van der Waals surface area contributed by atoms with Crippen LogP contribution in [0.5, 0.6) is 5.75 Å². The van der Waals surface area contributed by atoms with E-state index in [1.54, 1.807) is 30.3 Å². The van der Waals surface area contributed by atoms with Crippen LogP contribution in [0.4, 0.5) is 14.5 Å². The Balaban J connectivity index is 1.94. The van der Waals surface area contributed by atoms with E-state index in [0.717, 1.165) is 6.07 Å². The van der Waals surface area contributed by atoms with Crippen molar-refractivity contribution in [2.75, 3.05) is 18.4 Å². The molecule has 0 unspecified atom stereocenters. The topological polar surface area (TPSA) is 64.6 Å². The summed E-state index contributed by atoms with van der Waals surface area (Å²) in [5, 5.41) is 0.0954. The van der Waals surface area contributed by atoms with Gasteiger partial charge in [0, 0.05) is 11.6 Å². The predicted molar refractivity (Wildman–Crippen MR) is 114 cm³/mol. The lowest BCUT2D eigenvalue weighted by molar-refractivity contribution is 0.124. The standard InChI is InChI=1S/C22H18ClF2NO4S/c1-29-22-17(23)8-13-6-7-30-12-14-4-2-3-5-15(14)16-10-20(19(25)11-18(16)24)26-31(27,28)21(22)9-13/h2-5,8-11,26H,6-7,12H2,1H3. The molecule has 0 saturated heterocycles. The molecule has 1 heterocycles. The number of ether oxygens (including phenoxy) is 2. The number of benzene rings is 3. The minimum Gasteiger partial charge on any atom is -0.494 e. The molecular weight excluding hydrogens is 448 g/mol. The monoisotopic (exact) mass is 465 g/mol. The van der Waals surface area contributed by atoms with Crippen LogP contribution in [0.25, 0.3) is 11.1 Å². The van der Waals surface area contributed by atoms with Crippen LogP contribution < -0.4 is 9.46 Å². The molecular formula is C22H18ClF2NO4S. The Hall–Kier alpha value is -2.68. The SMILES string of the molecule is COc1c(Cl)cc2cc1S(=O)(=O)Nc1cc(c(F)cc1F)-c1ccccc1COCC2. The molecule has 1 aliphatic heterocycles. The number of methoxy groups -OCH3 is 1. The number of anilines is 1. The molecule has 4 rings (SSSR count). The molecule has 31 heavy (non-hydrogen) atoms. The van der Waals surface area contributed by atoms with Gasteiger partial charge in [0.05, 0.1) is 31.0 Å². The first kappa shape index (κ1) is 21.5. The lowest BCUT2D eigenvalue weighted by Gasteiger charge is -2.18. The highest BCUT2D eigenvalue weighted by atomic mass is 35.5. The van der Waals surface area contributed by atoms with Crippen molar-refractivity contribution < 1.29 is 26.7 Å². The summed E-state index contributed by atoms with van der Waals surface area (Å²) in [5.74, 6) is -1.94. The molecule has 1 N–H and O–H groups in total. The van der Waals surface area contributed by atoms with Crippen LogP contribution in [0.1, 0.15) is 11.1 Å². The van der Waals surface area contributed by atoms with Crippen molar-refractivity contribution in [3.8, 4) is 16.9 Å². The van der Waals surface area contributed by atoms with Gasteiger partial charge in [0.1, 0.15) is 16.5 Å². The third-order valence-corrected chi connectivity index (χ3v) is 6.62. The van der Waals surface area contributed by atoms with Crippen LogP contribution >= 0.6 is 11.6 Å². The van der Waals surface area contributed by atoms with Gasteiger partial charge in [-0.2, -0.15) is 0 Å². The van der Waals surface area contributed by atoms with Gasteiger partial charge in [-0.25, -0.2) is 17.2 Å². The predicted octanol–water partition coefficient (Wildman–Crippen LogP) is 5.17. The summed E-state index contributed by atoms with van der Waals surface area (Å²) in [5.41, 5.74) is 1.43. The summed E-state index contributed by atoms with van der Waals surface area (Å²) < 4.78 is 68.6. The Kier molecular flexibility index (Phi) is 5.88. The number of rotatable bonds is 1. The lowest BCUT2D eigenvalue weighted by atomic mass is 9.99. The summed E-state index contributed by atoms with van der Waals surface area (Å²) in [6.07, 6.45) is 0.377. The average molecular weight is 466 g/mol. The first-order valence-corrected chi connectivity index (χ1v) is 11.2. The van der Waals surface area contributed by atoms with Crippen LogP contribution in [-0.2, 0) is 27.8 Å². The van der Waals surface area contributed by atoms with E-state index in [1.807, 2.05) is 0 Å². The molecule has 0 fully saturated rings. The van der Waals surface area contributed by atoms with Gasteiger partial charge in [0.2, 0.25) is 0 Å². The molecule has 0 aliphatic carbocycles. The van der Waals surface area contributed by atoms with E-state index < -0.39 is 27.3 Å². The highest BCUT2D eigenvalue weighted by molar-refractivity contribution is 7.92. The molecule has 0 amide bonds. The van der Waals surface area contributed by atoms with Gasteiger partial charge < -0.3 is 9.47 Å². The number of halogens is 3. The normalized spacial score (nSPS) is 15.4. The average Bonchev–Trinajstić information content (AvgIpc) is 2.72. The smallest absolute Gasteiger partial charge is 0.265 e. The quantitative estimate of drug-likeness (QED) is 0.538. The first-order chi connectivity index (χ1) is 14.8. The second-order valence-corrected chi connectivity index (χ2v) is 9.04. The molecule has 162 valence electrons. The van der Waals surface area contributed by atoms with Crippen LogP contribution in [-0.4, -0.2) is 22.1 Å². The molecule has 3 aromatic rings. The zero-order valence-corrected chi connectivity index (χ0v) is 18.0. The van der Waals surface area contributed by atoms with E-state index in [0.29, 0.717) is 29.2 Å². The van der Waals surface area contributed by atoms with Crippen LogP contribution in [0.3, 0.4) is 0 Å². The fourth-order valence-corrected chi connectivity index (χ4v) is 5.15. The fourth-order valence-electron chi connectivity index (χ4n) is 3.48. The van der Waals surface area contributed by atoms with E-state index in [4.69, 9.17) is 21.1 Å². The minimum atomic E-state index is -4.31. The van der Waals surface area contributed by atoms with E-state index in [9.17, 15) is 17.2 Å². The number of hydrogen-bond acceptors (Lipinski definition) is 4. The van der Waals surface area contributed by atoms with E-state index in [2.05, 4.69) is 4.72 Å². The molecule has 0 spiro atoms. The Bertz CT molecular complexity index is 1260. The maximum absolute atomic E-state index is 14.7. The zero-order chi connectivity index (χ0) is 22.2. The number of hydrogen-bond donors (Lipinski definition) is 1. The van der Waals surface area contributed by atoms with Crippen molar-refractivity contribution >= 4 is 27.3 Å². The highest BCUT2D eigenvalue weighted by Crippen LogP contribution is 2.37. The van der Waals surface area contributed by atoms with Crippen molar-refractivity contribution in [3.05, 3.63) is 76.3 Å². The molecule has 0 radical (unpaired) electrons. The van der Waals surface area contributed by atoms with Crippen molar-refractivity contribution in [2.45, 2.75) is 17.9 Å². The van der Waals surface area contributed by atoms with Crippen molar-refractivity contribution in [1.82, 2.24) is 0 Å². The third-order valence-electron chi connectivity index (χ3n) is 4.96. The van der Waals surface area contributed by atoms with Crippen LogP contribution in [0.2, 0.25) is 5.02 Å². The summed E-state index contributed by atoms with van der Waals surface area (Å²) in [6.45, 7) is 0.478. The molecule has 0 aromatic heterocycles. The van der Waals surface area contributed by atoms with E-state index >= 15 is 0 Å². The second kappa shape index (κ2) is 8.45. The van der Waals surface area contributed by atoms with Gasteiger partial charge in [-0.3, -0.25) is 4.72 Å². The van der Waals surface area contributed by atoms with Gasteiger partial charge >= 0.3 is 0 Å². The Morgan fingerprint density at radius 3 is 2.61 bits per heavy atom. The molecule has 3 aromatic carbocycles. The molecule has 9 heteroatoms. The van der Waals surface area contributed by atoms with Gasteiger partial charge in [-0.1, -0.05) is 35.9 Å². The van der Waals surface area contributed by atoms with Crippen molar-refractivity contribution in [2.24, 2.45) is 0 Å². The number of sulfonamides is 1. The maximum Gasteiger partial charge on any atom is 0.265 e. The summed E-state index contributed by atoms with van der Waals surface area (Å²) in [6, 6.07) is 11.7. The zero-order valence-electron chi connectivity index (χ0n) is 16.4. The van der Waals surface area contributed by atoms with Gasteiger partial charge in [0.15, 0.2) is 5.75 Å². The van der Waals surface area contributed by atoms with Crippen molar-refractivity contribution in [3.63, 3.8) is 0 Å². The van der Waals surface area contributed by atoms with Crippen LogP contribution in [0, 0.1) is 11.6 Å². The fraction of sp³-hybridized carbons (Fsp3) is 0.182. The molecule has 5 nitrogen and oxygen atoms in total. The summed E-state index contributed by atoms with van der Waals surface area (Å²) in [4.78, 5) is -0.250.